The van der Waals surface area contributed by atoms with Gasteiger partial charge in [-0.1, -0.05) is 28.1 Å². The van der Waals surface area contributed by atoms with E-state index in [4.69, 9.17) is 5.73 Å². The van der Waals surface area contributed by atoms with Gasteiger partial charge in [-0.25, -0.2) is 0 Å². The SMILES string of the molecule is CC(C)N1C[C@H](c2ccc(Br)cc2)[C@@H](N)C1. The van der Waals surface area contributed by atoms with Crippen LogP contribution in [0.15, 0.2) is 28.7 Å². The van der Waals surface area contributed by atoms with Crippen LogP contribution >= 0.6 is 15.9 Å². The molecule has 2 N–H and O–H groups in total. The third-order valence-corrected chi connectivity index (χ3v) is 3.95. The predicted octanol–water partition coefficient (Wildman–Crippen LogP) is 2.58. The molecule has 3 heteroatoms. The fraction of sp³-hybridized carbons (Fsp3) is 0.538. The van der Waals surface area contributed by atoms with Gasteiger partial charge in [0.05, 0.1) is 0 Å². The minimum atomic E-state index is 0.267. The van der Waals surface area contributed by atoms with E-state index >= 15 is 0 Å². The van der Waals surface area contributed by atoms with Crippen molar-refractivity contribution in [2.24, 2.45) is 5.73 Å². The number of likely N-dealkylation sites (tertiary alicyclic amines) is 1. The Kier molecular flexibility index (Phi) is 3.67. The molecule has 1 aliphatic heterocycles. The normalized spacial score (nSPS) is 26.6. The third kappa shape index (κ3) is 2.47. The third-order valence-electron chi connectivity index (χ3n) is 3.42. The minimum Gasteiger partial charge on any atom is -0.326 e. The number of nitrogens with two attached hydrogens (primary N) is 1. The van der Waals surface area contributed by atoms with Gasteiger partial charge in [-0.05, 0) is 31.5 Å². The standard InChI is InChI=1S/C13H19BrN2/c1-9(2)16-7-12(13(15)8-16)10-3-5-11(14)6-4-10/h3-6,9,12-13H,7-8,15H2,1-2H3/t12-,13+/m1/s1. The van der Waals surface area contributed by atoms with E-state index in [2.05, 4.69) is 58.9 Å². The highest BCUT2D eigenvalue weighted by molar-refractivity contribution is 9.10. The summed E-state index contributed by atoms with van der Waals surface area (Å²) >= 11 is 3.46. The van der Waals surface area contributed by atoms with Crippen molar-refractivity contribution in [3.8, 4) is 0 Å². The quantitative estimate of drug-likeness (QED) is 0.904. The molecule has 0 spiro atoms. The van der Waals surface area contributed by atoms with Gasteiger partial charge in [-0.2, -0.15) is 0 Å². The first kappa shape index (κ1) is 12.1. The Balaban J connectivity index is 2.13. The summed E-state index contributed by atoms with van der Waals surface area (Å²) in [6.45, 7) is 6.56. The van der Waals surface area contributed by atoms with Gasteiger partial charge >= 0.3 is 0 Å². The lowest BCUT2D eigenvalue weighted by Crippen LogP contribution is -2.31. The summed E-state index contributed by atoms with van der Waals surface area (Å²) in [7, 11) is 0. The Morgan fingerprint density at radius 2 is 1.88 bits per heavy atom. The molecule has 0 aromatic heterocycles. The fourth-order valence-corrected chi connectivity index (χ4v) is 2.61. The zero-order valence-corrected chi connectivity index (χ0v) is 11.4. The topological polar surface area (TPSA) is 29.3 Å². The Morgan fingerprint density at radius 1 is 1.25 bits per heavy atom. The highest BCUT2D eigenvalue weighted by Gasteiger charge is 2.32. The van der Waals surface area contributed by atoms with Crippen LogP contribution in [-0.2, 0) is 0 Å². The molecule has 1 aromatic rings. The summed E-state index contributed by atoms with van der Waals surface area (Å²) in [5, 5.41) is 0. The van der Waals surface area contributed by atoms with Crippen LogP contribution in [0.1, 0.15) is 25.3 Å². The van der Waals surface area contributed by atoms with E-state index in [9.17, 15) is 0 Å². The highest BCUT2D eigenvalue weighted by Crippen LogP contribution is 2.28. The lowest BCUT2D eigenvalue weighted by molar-refractivity contribution is 0.270. The lowest BCUT2D eigenvalue weighted by Gasteiger charge is -2.20. The monoisotopic (exact) mass is 282 g/mol. The molecule has 2 rings (SSSR count). The number of halogens is 1. The van der Waals surface area contributed by atoms with Crippen molar-refractivity contribution in [1.82, 2.24) is 4.90 Å². The van der Waals surface area contributed by atoms with Crippen LogP contribution in [0.3, 0.4) is 0 Å². The van der Waals surface area contributed by atoms with Crippen LogP contribution in [0.5, 0.6) is 0 Å². The number of hydrogen-bond acceptors (Lipinski definition) is 2. The molecular weight excluding hydrogens is 264 g/mol. The van der Waals surface area contributed by atoms with E-state index in [0.29, 0.717) is 12.0 Å². The number of hydrogen-bond donors (Lipinski definition) is 1. The van der Waals surface area contributed by atoms with Crippen LogP contribution < -0.4 is 5.73 Å². The van der Waals surface area contributed by atoms with E-state index in [-0.39, 0.29) is 6.04 Å². The predicted molar refractivity (Wildman–Crippen MR) is 71.6 cm³/mol. The van der Waals surface area contributed by atoms with Crippen LogP contribution in [-0.4, -0.2) is 30.1 Å². The largest absolute Gasteiger partial charge is 0.326 e. The van der Waals surface area contributed by atoms with Crippen molar-refractivity contribution in [1.29, 1.82) is 0 Å². The molecule has 0 unspecified atom stereocenters. The van der Waals surface area contributed by atoms with Crippen LogP contribution in [0.25, 0.3) is 0 Å². The summed E-state index contributed by atoms with van der Waals surface area (Å²) in [5.74, 6) is 0.482. The molecule has 1 aliphatic rings. The maximum Gasteiger partial charge on any atom is 0.0250 e. The molecular formula is C13H19BrN2. The second-order valence-electron chi connectivity index (χ2n) is 4.87. The summed E-state index contributed by atoms with van der Waals surface area (Å²) in [6.07, 6.45) is 0. The van der Waals surface area contributed by atoms with Crippen LogP contribution in [0.2, 0.25) is 0 Å². The summed E-state index contributed by atoms with van der Waals surface area (Å²) < 4.78 is 1.13. The van der Waals surface area contributed by atoms with E-state index in [1.54, 1.807) is 0 Å². The van der Waals surface area contributed by atoms with Crippen molar-refractivity contribution < 1.29 is 0 Å². The minimum absolute atomic E-state index is 0.267. The number of benzene rings is 1. The van der Waals surface area contributed by atoms with Gasteiger partial charge in [0, 0.05) is 35.6 Å². The fourth-order valence-electron chi connectivity index (χ4n) is 2.34. The zero-order valence-electron chi connectivity index (χ0n) is 9.86. The van der Waals surface area contributed by atoms with Gasteiger partial charge < -0.3 is 5.73 Å². The summed E-state index contributed by atoms with van der Waals surface area (Å²) in [6, 6.07) is 9.41. The smallest absolute Gasteiger partial charge is 0.0250 e. The van der Waals surface area contributed by atoms with Crippen molar-refractivity contribution >= 4 is 15.9 Å². The Morgan fingerprint density at radius 3 is 2.38 bits per heavy atom. The highest BCUT2D eigenvalue weighted by atomic mass is 79.9. The van der Waals surface area contributed by atoms with Gasteiger partial charge in [0.15, 0.2) is 0 Å². The number of rotatable bonds is 2. The first-order chi connectivity index (χ1) is 7.58. The molecule has 0 saturated carbocycles. The number of nitrogens with zero attached hydrogens (tertiary/aromatic N) is 1. The Bertz CT molecular complexity index is 347. The van der Waals surface area contributed by atoms with Crippen molar-refractivity contribution in [2.75, 3.05) is 13.1 Å². The molecule has 88 valence electrons. The lowest BCUT2D eigenvalue weighted by atomic mass is 9.95. The van der Waals surface area contributed by atoms with Crippen molar-refractivity contribution in [3.05, 3.63) is 34.3 Å². The Hall–Kier alpha value is -0.380. The molecule has 16 heavy (non-hydrogen) atoms. The molecule has 1 saturated heterocycles. The average Bonchev–Trinajstić information content (AvgIpc) is 2.62. The molecule has 2 atom stereocenters. The van der Waals surface area contributed by atoms with Crippen LogP contribution in [0, 0.1) is 0 Å². The van der Waals surface area contributed by atoms with E-state index in [0.717, 1.165) is 17.6 Å². The molecule has 2 nitrogen and oxygen atoms in total. The van der Waals surface area contributed by atoms with Gasteiger partial charge in [0.1, 0.15) is 0 Å². The molecule has 0 amide bonds. The van der Waals surface area contributed by atoms with Crippen molar-refractivity contribution in [3.63, 3.8) is 0 Å². The first-order valence-electron chi connectivity index (χ1n) is 5.83. The summed E-state index contributed by atoms with van der Waals surface area (Å²) in [5.41, 5.74) is 7.58. The van der Waals surface area contributed by atoms with Crippen LogP contribution in [0.4, 0.5) is 0 Å². The van der Waals surface area contributed by atoms with E-state index in [1.807, 2.05) is 0 Å². The molecule has 1 aromatic carbocycles. The second-order valence-corrected chi connectivity index (χ2v) is 5.79. The van der Waals surface area contributed by atoms with Gasteiger partial charge in [0.25, 0.3) is 0 Å². The molecule has 1 fully saturated rings. The Labute approximate surface area is 106 Å². The van der Waals surface area contributed by atoms with E-state index < -0.39 is 0 Å². The first-order valence-corrected chi connectivity index (χ1v) is 6.62. The summed E-state index contributed by atoms with van der Waals surface area (Å²) in [4.78, 5) is 2.46. The second kappa shape index (κ2) is 4.86. The van der Waals surface area contributed by atoms with Gasteiger partial charge in [-0.15, -0.1) is 0 Å². The maximum absolute atomic E-state index is 6.22. The van der Waals surface area contributed by atoms with E-state index in [1.165, 1.54) is 5.56 Å². The average molecular weight is 283 g/mol. The molecule has 0 radical (unpaired) electrons. The molecule has 0 aliphatic carbocycles. The van der Waals surface area contributed by atoms with Gasteiger partial charge in [0.2, 0.25) is 0 Å². The zero-order chi connectivity index (χ0) is 11.7. The van der Waals surface area contributed by atoms with Gasteiger partial charge in [-0.3, -0.25) is 4.90 Å². The molecule has 0 bridgehead atoms. The van der Waals surface area contributed by atoms with Crippen molar-refractivity contribution in [2.45, 2.75) is 31.8 Å². The maximum atomic E-state index is 6.22. The molecule has 1 heterocycles.